The van der Waals surface area contributed by atoms with Crippen LogP contribution in [0.25, 0.3) is 5.70 Å². The van der Waals surface area contributed by atoms with E-state index in [1.54, 1.807) is 6.07 Å². The van der Waals surface area contributed by atoms with E-state index in [9.17, 15) is 26.7 Å². The van der Waals surface area contributed by atoms with E-state index in [0.717, 1.165) is 10.2 Å². The lowest BCUT2D eigenvalue weighted by Crippen LogP contribution is -2.34. The van der Waals surface area contributed by atoms with Crippen LogP contribution in [-0.2, 0) is 13.0 Å². The molecule has 4 N–H and O–H groups in total. The Kier molecular flexibility index (Phi) is 9.42. The van der Waals surface area contributed by atoms with Gasteiger partial charge in [0.2, 0.25) is 6.43 Å². The third-order valence-corrected chi connectivity index (χ3v) is 7.65. The molecule has 0 saturated heterocycles. The van der Waals surface area contributed by atoms with E-state index in [-0.39, 0.29) is 41.1 Å². The molecule has 0 unspecified atom stereocenters. The van der Waals surface area contributed by atoms with Gasteiger partial charge in [-0.1, -0.05) is 18.2 Å². The highest BCUT2D eigenvalue weighted by Crippen LogP contribution is 2.41. The van der Waals surface area contributed by atoms with Gasteiger partial charge in [0.15, 0.2) is 0 Å². The Hall–Kier alpha value is -3.80. The molecule has 1 saturated carbocycles. The molecule has 0 radical (unpaired) electrons. The Morgan fingerprint density at radius 2 is 1.78 bits per heavy atom. The molecule has 0 spiro atoms. The number of rotatable bonds is 9. The number of nitrogens with zero attached hydrogens (tertiary/aromatic N) is 4. The van der Waals surface area contributed by atoms with Crippen molar-refractivity contribution in [1.82, 2.24) is 19.8 Å². The maximum absolute atomic E-state index is 14.6. The number of hydrogen-bond donors (Lipinski definition) is 2. The van der Waals surface area contributed by atoms with Crippen molar-refractivity contribution in [3.8, 4) is 0 Å². The predicted octanol–water partition coefficient (Wildman–Crippen LogP) is 5.08. The van der Waals surface area contributed by atoms with E-state index >= 15 is 0 Å². The fourth-order valence-corrected chi connectivity index (χ4v) is 5.65. The highest BCUT2D eigenvalue weighted by molar-refractivity contribution is 5.63. The average molecular weight is 577 g/mol. The second-order valence-electron chi connectivity index (χ2n) is 10.4. The lowest BCUT2D eigenvalue weighted by molar-refractivity contribution is 0.148. The zero-order valence-electron chi connectivity index (χ0n) is 22.8. The minimum atomic E-state index is -3.02. The van der Waals surface area contributed by atoms with Crippen molar-refractivity contribution in [2.24, 2.45) is 11.6 Å². The minimum absolute atomic E-state index is 0.0253. The maximum Gasteiger partial charge on any atom is 0.281 e. The summed E-state index contributed by atoms with van der Waals surface area (Å²) < 4.78 is 69.7. The summed E-state index contributed by atoms with van der Waals surface area (Å²) in [5.41, 5.74) is 6.72. The molecule has 0 bridgehead atoms. The van der Waals surface area contributed by atoms with Gasteiger partial charge in [0.25, 0.3) is 12.0 Å². The van der Waals surface area contributed by atoms with Crippen LogP contribution in [0.1, 0.15) is 71.2 Å². The third kappa shape index (κ3) is 6.75. The van der Waals surface area contributed by atoms with E-state index in [4.69, 9.17) is 11.6 Å². The summed E-state index contributed by atoms with van der Waals surface area (Å²) in [6.45, 7) is 1.60. The zero-order valence-corrected chi connectivity index (χ0v) is 22.8. The van der Waals surface area contributed by atoms with Gasteiger partial charge in [0.1, 0.15) is 17.2 Å². The average Bonchev–Trinajstić information content (AvgIpc) is 2.90. The summed E-state index contributed by atoms with van der Waals surface area (Å²) in [4.78, 5) is 17.9. The highest BCUT2D eigenvalue weighted by atomic mass is 19.3. The summed E-state index contributed by atoms with van der Waals surface area (Å²) in [5, 5.41) is 4.94. The number of pyridine rings is 1. The molecule has 1 aliphatic carbocycles. The van der Waals surface area contributed by atoms with E-state index in [1.165, 1.54) is 37.5 Å². The molecule has 0 aliphatic heterocycles. The van der Waals surface area contributed by atoms with Crippen LogP contribution in [0.2, 0.25) is 0 Å². The van der Waals surface area contributed by atoms with Gasteiger partial charge in [-0.3, -0.25) is 9.78 Å². The molecule has 0 atom stereocenters. The van der Waals surface area contributed by atoms with E-state index in [1.807, 2.05) is 13.0 Å². The van der Waals surface area contributed by atoms with Crippen LogP contribution in [0, 0.1) is 12.7 Å². The molecule has 12 heteroatoms. The quantitative estimate of drug-likeness (QED) is 0.209. The number of halogens is 5. The van der Waals surface area contributed by atoms with Crippen molar-refractivity contribution in [2.45, 2.75) is 70.3 Å². The molecule has 41 heavy (non-hydrogen) atoms. The van der Waals surface area contributed by atoms with Crippen LogP contribution < -0.4 is 17.1 Å². The van der Waals surface area contributed by atoms with Crippen LogP contribution in [0.15, 0.2) is 53.1 Å². The van der Waals surface area contributed by atoms with Crippen molar-refractivity contribution >= 4 is 5.70 Å². The van der Waals surface area contributed by atoms with Crippen LogP contribution >= 0.6 is 0 Å². The lowest BCUT2D eigenvalue weighted by atomic mass is 9.75. The molecule has 2 aromatic heterocycles. The number of allylic oxidation sites excluding steroid dienone is 1. The molecule has 7 nitrogen and oxygen atoms in total. The first-order valence-electron chi connectivity index (χ1n) is 13.3. The molecule has 1 fully saturated rings. The van der Waals surface area contributed by atoms with Gasteiger partial charge in [-0.05, 0) is 79.3 Å². The van der Waals surface area contributed by atoms with E-state index in [2.05, 4.69) is 10.1 Å². The van der Waals surface area contributed by atoms with Gasteiger partial charge < -0.3 is 10.7 Å². The largest absolute Gasteiger partial charge is 0.395 e. The number of hydrogen-bond acceptors (Lipinski definition) is 6. The fourth-order valence-electron chi connectivity index (χ4n) is 5.65. The summed E-state index contributed by atoms with van der Waals surface area (Å²) in [7, 11) is 1.21. The third-order valence-electron chi connectivity index (χ3n) is 7.65. The Morgan fingerprint density at radius 1 is 1.10 bits per heavy atom. The standard InChI is InChI=1S/C29H33F5N6O/c1-16-5-3-7-21(30)25(16)18-10-8-17(9-11-18)20-14-22(26(35)27(28(33)34)39(2)36)38-40(29(20)41)15-23-19(13-24(31)32)6-4-12-37-23/h3-7,12,14,17-18,24,28H,8-11,13,15,35-36H2,1-2H3/b27-26-. The number of alkyl halides is 4. The summed E-state index contributed by atoms with van der Waals surface area (Å²) in [6.07, 6.45) is -2.51. The summed E-state index contributed by atoms with van der Waals surface area (Å²) in [5.74, 6) is 5.05. The normalized spacial score (nSPS) is 18.1. The van der Waals surface area contributed by atoms with Crippen LogP contribution in [0.3, 0.4) is 0 Å². The van der Waals surface area contributed by atoms with Gasteiger partial charge in [-0.25, -0.2) is 32.5 Å². The van der Waals surface area contributed by atoms with Crippen molar-refractivity contribution in [1.29, 1.82) is 0 Å². The molecule has 1 aliphatic rings. The molecule has 220 valence electrons. The first kappa shape index (κ1) is 30.2. The van der Waals surface area contributed by atoms with Crippen LogP contribution in [-0.4, -0.2) is 39.7 Å². The number of aryl methyl sites for hydroxylation is 1. The number of hydrazine groups is 1. The van der Waals surface area contributed by atoms with Crippen molar-refractivity contribution in [2.75, 3.05) is 7.05 Å². The maximum atomic E-state index is 14.6. The van der Waals surface area contributed by atoms with Gasteiger partial charge in [-0.2, -0.15) is 5.10 Å². The number of benzene rings is 1. The minimum Gasteiger partial charge on any atom is -0.395 e. The molecule has 2 heterocycles. The smallest absolute Gasteiger partial charge is 0.281 e. The Labute approximate surface area is 234 Å². The van der Waals surface area contributed by atoms with Gasteiger partial charge >= 0.3 is 0 Å². The second-order valence-corrected chi connectivity index (χ2v) is 10.4. The fraction of sp³-hybridized carbons (Fsp3) is 0.414. The number of nitrogens with two attached hydrogens (primary N) is 2. The molecular formula is C29H33F5N6O. The molecule has 0 amide bonds. The number of aromatic nitrogens is 3. The van der Waals surface area contributed by atoms with Crippen molar-refractivity contribution < 1.29 is 22.0 Å². The monoisotopic (exact) mass is 576 g/mol. The SMILES string of the molecule is Cc1cccc(F)c1C1CCC(c2cc(/C(N)=C(\C(F)F)N(C)N)nn(Cc3ncccc3CC(F)F)c2=O)CC1. The highest BCUT2D eigenvalue weighted by Gasteiger charge is 2.30. The van der Waals surface area contributed by atoms with Crippen molar-refractivity contribution in [3.63, 3.8) is 0 Å². The topological polar surface area (TPSA) is 103 Å². The summed E-state index contributed by atoms with van der Waals surface area (Å²) in [6, 6.07) is 9.37. The second kappa shape index (κ2) is 12.8. The van der Waals surface area contributed by atoms with Gasteiger partial charge in [0, 0.05) is 25.2 Å². The van der Waals surface area contributed by atoms with Gasteiger partial charge in [-0.15, -0.1) is 0 Å². The predicted molar refractivity (Wildman–Crippen MR) is 146 cm³/mol. The molecule has 1 aromatic carbocycles. The first-order chi connectivity index (χ1) is 19.5. The van der Waals surface area contributed by atoms with Crippen molar-refractivity contribution in [3.05, 3.63) is 98.1 Å². The zero-order chi connectivity index (χ0) is 29.8. The molecule has 4 rings (SSSR count). The van der Waals surface area contributed by atoms with E-state index < -0.39 is 36.2 Å². The van der Waals surface area contributed by atoms with Crippen LogP contribution in [0.4, 0.5) is 22.0 Å². The molecule has 3 aromatic rings. The molecular weight excluding hydrogens is 543 g/mol. The Bertz CT molecular complexity index is 1430. The summed E-state index contributed by atoms with van der Waals surface area (Å²) >= 11 is 0. The Morgan fingerprint density at radius 3 is 2.39 bits per heavy atom. The Balaban J connectivity index is 1.76. The first-order valence-corrected chi connectivity index (χ1v) is 13.3. The lowest BCUT2D eigenvalue weighted by Gasteiger charge is -2.30. The van der Waals surface area contributed by atoms with Crippen LogP contribution in [0.5, 0.6) is 0 Å². The van der Waals surface area contributed by atoms with Gasteiger partial charge in [0.05, 0.1) is 17.9 Å². The van der Waals surface area contributed by atoms with E-state index in [0.29, 0.717) is 41.8 Å².